The van der Waals surface area contributed by atoms with Crippen molar-refractivity contribution >= 4 is 28.4 Å². The minimum Gasteiger partial charge on any atom is -0.372 e. The first-order valence-corrected chi connectivity index (χ1v) is 8.34. The molecule has 4 nitrogen and oxygen atoms in total. The zero-order valence-electron chi connectivity index (χ0n) is 13.1. The number of thioether (sulfide) groups is 1. The van der Waals surface area contributed by atoms with Gasteiger partial charge in [-0.25, -0.2) is 0 Å². The summed E-state index contributed by atoms with van der Waals surface area (Å²) in [7, 11) is 0. The van der Waals surface area contributed by atoms with Crippen LogP contribution in [0.25, 0.3) is 5.57 Å². The van der Waals surface area contributed by atoms with E-state index in [0.717, 1.165) is 34.3 Å². The summed E-state index contributed by atoms with van der Waals surface area (Å²) in [5.41, 5.74) is 2.06. The minimum absolute atomic E-state index is 0.131. The summed E-state index contributed by atoms with van der Waals surface area (Å²) in [6.07, 6.45) is 0.316. The Morgan fingerprint density at radius 3 is 2.50 bits per heavy atom. The average Bonchev–Trinajstić information content (AvgIpc) is 2.88. The lowest BCUT2D eigenvalue weighted by atomic mass is 10.1. The normalized spacial score (nSPS) is 27.9. The Labute approximate surface area is 135 Å². The quantitative estimate of drug-likeness (QED) is 0.746. The van der Waals surface area contributed by atoms with Crippen LogP contribution < -0.4 is 0 Å². The van der Waals surface area contributed by atoms with Gasteiger partial charge in [0.1, 0.15) is 0 Å². The molecular weight excluding hydrogens is 296 g/mol. The van der Waals surface area contributed by atoms with Gasteiger partial charge in [0.05, 0.1) is 17.1 Å². The predicted molar refractivity (Wildman–Crippen MR) is 90.7 cm³/mol. The van der Waals surface area contributed by atoms with E-state index in [1.165, 1.54) is 11.8 Å². The molecule has 1 fully saturated rings. The highest BCUT2D eigenvalue weighted by Crippen LogP contribution is 2.35. The van der Waals surface area contributed by atoms with E-state index in [0.29, 0.717) is 0 Å². The number of nitrogens with zero attached hydrogens (tertiary/aromatic N) is 2. The van der Waals surface area contributed by atoms with Crippen molar-refractivity contribution in [1.82, 2.24) is 4.90 Å². The molecule has 116 valence electrons. The van der Waals surface area contributed by atoms with Gasteiger partial charge < -0.3 is 9.64 Å². The van der Waals surface area contributed by atoms with Crippen LogP contribution in [0.2, 0.25) is 0 Å². The van der Waals surface area contributed by atoms with Gasteiger partial charge in [0, 0.05) is 13.1 Å². The number of hydrogen-bond donors (Lipinski definition) is 0. The van der Waals surface area contributed by atoms with Gasteiger partial charge in [-0.2, -0.15) is 4.99 Å². The Kier molecular flexibility index (Phi) is 4.36. The fraction of sp³-hybridized carbons (Fsp3) is 0.412. The van der Waals surface area contributed by atoms with Crippen molar-refractivity contribution in [3.05, 3.63) is 40.8 Å². The van der Waals surface area contributed by atoms with E-state index in [4.69, 9.17) is 4.74 Å². The molecule has 0 aromatic heterocycles. The Morgan fingerprint density at radius 1 is 1.23 bits per heavy atom. The number of rotatable bonds is 1. The summed E-state index contributed by atoms with van der Waals surface area (Å²) < 4.78 is 5.74. The van der Waals surface area contributed by atoms with E-state index >= 15 is 0 Å². The fourth-order valence-electron chi connectivity index (χ4n) is 2.82. The maximum atomic E-state index is 12.3. The molecule has 2 atom stereocenters. The molecular formula is C17H20N2O2S. The molecule has 1 aromatic carbocycles. The minimum atomic E-state index is -0.131. The van der Waals surface area contributed by atoms with Gasteiger partial charge >= 0.3 is 0 Å². The van der Waals surface area contributed by atoms with Crippen LogP contribution in [0.15, 0.2) is 40.2 Å². The molecule has 2 heterocycles. The maximum absolute atomic E-state index is 12.3. The van der Waals surface area contributed by atoms with Gasteiger partial charge in [-0.1, -0.05) is 30.3 Å². The SMILES string of the molecule is C/C(=C1\SC(N2CC(C)OC(C)C2)=NC1=O)c1ccccc1. The molecule has 0 aliphatic carbocycles. The molecule has 1 amide bonds. The number of morpholine rings is 1. The highest BCUT2D eigenvalue weighted by molar-refractivity contribution is 8.18. The summed E-state index contributed by atoms with van der Waals surface area (Å²) in [6, 6.07) is 9.98. The van der Waals surface area contributed by atoms with Gasteiger partial charge in [0.15, 0.2) is 5.17 Å². The number of carbonyl (C=O) groups is 1. The largest absolute Gasteiger partial charge is 0.372 e. The van der Waals surface area contributed by atoms with Crippen molar-refractivity contribution in [3.63, 3.8) is 0 Å². The predicted octanol–water partition coefficient (Wildman–Crippen LogP) is 3.16. The topological polar surface area (TPSA) is 41.9 Å². The number of ether oxygens (including phenoxy) is 1. The van der Waals surface area contributed by atoms with Crippen LogP contribution >= 0.6 is 11.8 Å². The van der Waals surface area contributed by atoms with E-state index in [-0.39, 0.29) is 18.1 Å². The van der Waals surface area contributed by atoms with Crippen molar-refractivity contribution in [1.29, 1.82) is 0 Å². The number of allylic oxidation sites excluding steroid dienone is 1. The summed E-state index contributed by atoms with van der Waals surface area (Å²) in [5, 5.41) is 0.803. The molecule has 0 spiro atoms. The van der Waals surface area contributed by atoms with Crippen LogP contribution in [0.1, 0.15) is 26.3 Å². The van der Waals surface area contributed by atoms with Crippen molar-refractivity contribution < 1.29 is 9.53 Å². The molecule has 0 saturated carbocycles. The van der Waals surface area contributed by atoms with E-state index < -0.39 is 0 Å². The summed E-state index contributed by atoms with van der Waals surface area (Å²) in [6.45, 7) is 7.65. The van der Waals surface area contributed by atoms with Gasteiger partial charge in [0.2, 0.25) is 0 Å². The number of amidine groups is 1. The fourth-order valence-corrected chi connectivity index (χ4v) is 3.81. The maximum Gasteiger partial charge on any atom is 0.286 e. The third kappa shape index (κ3) is 3.10. The number of aliphatic imine (C=N–C) groups is 1. The number of amides is 1. The molecule has 0 radical (unpaired) electrons. The third-order valence-corrected chi connectivity index (χ3v) is 5.04. The van der Waals surface area contributed by atoms with Gasteiger partial charge in [-0.3, -0.25) is 4.79 Å². The number of carbonyl (C=O) groups excluding carboxylic acids is 1. The standard InChI is InChI=1S/C17H20N2O2S/c1-11-9-19(10-12(2)21-11)17-18-16(20)15(22-17)13(3)14-7-5-4-6-8-14/h4-8,11-12H,9-10H2,1-3H3/b15-13+. The Bertz CT molecular complexity index is 629. The third-order valence-electron chi connectivity index (χ3n) is 3.82. The first-order chi connectivity index (χ1) is 10.5. The Morgan fingerprint density at radius 2 is 1.86 bits per heavy atom. The molecule has 22 heavy (non-hydrogen) atoms. The second kappa shape index (κ2) is 6.26. The zero-order chi connectivity index (χ0) is 15.7. The van der Waals surface area contributed by atoms with Crippen LogP contribution in [0.4, 0.5) is 0 Å². The van der Waals surface area contributed by atoms with Crippen molar-refractivity contribution in [2.24, 2.45) is 4.99 Å². The lowest BCUT2D eigenvalue weighted by Gasteiger charge is -2.35. The zero-order valence-corrected chi connectivity index (χ0v) is 13.9. The lowest BCUT2D eigenvalue weighted by Crippen LogP contribution is -2.47. The van der Waals surface area contributed by atoms with Gasteiger partial charge in [-0.15, -0.1) is 0 Å². The molecule has 5 heteroatoms. The molecule has 0 bridgehead atoms. The van der Waals surface area contributed by atoms with Crippen LogP contribution in [0.3, 0.4) is 0 Å². The van der Waals surface area contributed by atoms with Crippen molar-refractivity contribution in [2.45, 2.75) is 33.0 Å². The molecule has 0 N–H and O–H groups in total. The Hall–Kier alpha value is -1.59. The second-order valence-corrected chi connectivity index (χ2v) is 6.76. The smallest absolute Gasteiger partial charge is 0.286 e. The molecule has 1 aromatic rings. The van der Waals surface area contributed by atoms with E-state index in [2.05, 4.69) is 23.7 Å². The molecule has 1 saturated heterocycles. The second-order valence-electron chi connectivity index (χ2n) is 5.78. The van der Waals surface area contributed by atoms with Crippen LogP contribution in [-0.4, -0.2) is 41.3 Å². The first-order valence-electron chi connectivity index (χ1n) is 7.52. The van der Waals surface area contributed by atoms with Gasteiger partial charge in [-0.05, 0) is 43.7 Å². The highest BCUT2D eigenvalue weighted by Gasteiger charge is 2.32. The van der Waals surface area contributed by atoms with Crippen molar-refractivity contribution in [2.75, 3.05) is 13.1 Å². The lowest BCUT2D eigenvalue weighted by molar-refractivity contribution is -0.113. The molecule has 2 aliphatic rings. The van der Waals surface area contributed by atoms with E-state index in [1.807, 2.05) is 37.3 Å². The summed E-state index contributed by atoms with van der Waals surface area (Å²) in [4.78, 5) is 19.4. The Balaban J connectivity index is 1.82. The van der Waals surface area contributed by atoms with Crippen LogP contribution in [0.5, 0.6) is 0 Å². The van der Waals surface area contributed by atoms with Crippen LogP contribution in [0, 0.1) is 0 Å². The summed E-state index contributed by atoms with van der Waals surface area (Å²) >= 11 is 1.48. The highest BCUT2D eigenvalue weighted by atomic mass is 32.2. The average molecular weight is 316 g/mol. The van der Waals surface area contributed by atoms with Crippen molar-refractivity contribution in [3.8, 4) is 0 Å². The number of hydrogen-bond acceptors (Lipinski definition) is 4. The summed E-state index contributed by atoms with van der Waals surface area (Å²) in [5.74, 6) is -0.131. The number of benzene rings is 1. The molecule has 2 unspecified atom stereocenters. The van der Waals surface area contributed by atoms with E-state index in [9.17, 15) is 4.79 Å². The molecule has 2 aliphatic heterocycles. The monoisotopic (exact) mass is 316 g/mol. The van der Waals surface area contributed by atoms with Crippen LogP contribution in [-0.2, 0) is 9.53 Å². The molecule has 3 rings (SSSR count). The van der Waals surface area contributed by atoms with E-state index in [1.54, 1.807) is 0 Å². The first kappa shape index (κ1) is 15.3. The van der Waals surface area contributed by atoms with Gasteiger partial charge in [0.25, 0.3) is 5.91 Å².